The number of hydrogen-bond acceptors (Lipinski definition) is 3. The quantitative estimate of drug-likeness (QED) is 0.878. The van der Waals surface area contributed by atoms with E-state index in [0.717, 1.165) is 24.8 Å². The van der Waals surface area contributed by atoms with Crippen LogP contribution in [0.15, 0.2) is 24.3 Å². The number of ether oxygens (including phenoxy) is 1. The molecular weight excluding hydrogens is 354 g/mol. The highest BCUT2D eigenvalue weighted by Crippen LogP contribution is 2.59. The molecule has 1 saturated carbocycles. The van der Waals surface area contributed by atoms with Crippen molar-refractivity contribution in [3.8, 4) is 0 Å². The second kappa shape index (κ2) is 6.54. The van der Waals surface area contributed by atoms with E-state index in [1.54, 1.807) is 0 Å². The van der Waals surface area contributed by atoms with Crippen molar-refractivity contribution in [1.29, 1.82) is 0 Å². The summed E-state index contributed by atoms with van der Waals surface area (Å²) in [5.41, 5.74) is 0.318. The average Bonchev–Trinajstić information content (AvgIpc) is 3.36. The number of halogens is 1. The Bertz CT molecular complexity index is 720. The number of piperidine rings is 1. The van der Waals surface area contributed by atoms with E-state index in [4.69, 9.17) is 16.3 Å². The summed E-state index contributed by atoms with van der Waals surface area (Å²) in [5, 5.41) is 9.90. The third kappa shape index (κ3) is 2.91. The van der Waals surface area contributed by atoms with Crippen LogP contribution in [0.5, 0.6) is 0 Å². The van der Waals surface area contributed by atoms with Crippen molar-refractivity contribution in [2.24, 2.45) is 11.3 Å². The van der Waals surface area contributed by atoms with Gasteiger partial charge in [-0.3, -0.25) is 9.59 Å². The number of aliphatic carboxylic acids is 1. The van der Waals surface area contributed by atoms with Crippen LogP contribution in [-0.4, -0.2) is 48.2 Å². The van der Waals surface area contributed by atoms with E-state index in [1.165, 1.54) is 0 Å². The van der Waals surface area contributed by atoms with Crippen molar-refractivity contribution in [3.63, 3.8) is 0 Å². The third-order valence-corrected chi connectivity index (χ3v) is 6.90. The molecule has 1 unspecified atom stereocenters. The van der Waals surface area contributed by atoms with E-state index in [-0.39, 0.29) is 17.2 Å². The molecule has 6 heteroatoms. The molecule has 1 amide bonds. The van der Waals surface area contributed by atoms with Crippen molar-refractivity contribution in [2.75, 3.05) is 26.3 Å². The number of carbonyl (C=O) groups excluding carboxylic acids is 1. The molecule has 3 aliphatic rings. The van der Waals surface area contributed by atoms with Gasteiger partial charge in [0.1, 0.15) is 0 Å². The number of hydrogen-bond donors (Lipinski definition) is 1. The zero-order valence-electron chi connectivity index (χ0n) is 14.7. The first-order valence-corrected chi connectivity index (χ1v) is 9.71. The molecule has 1 aromatic rings. The molecule has 26 heavy (non-hydrogen) atoms. The smallest absolute Gasteiger partial charge is 0.307 e. The van der Waals surface area contributed by atoms with Gasteiger partial charge in [0.15, 0.2) is 0 Å². The normalized spacial score (nSPS) is 26.5. The summed E-state index contributed by atoms with van der Waals surface area (Å²) in [6, 6.07) is 7.61. The van der Waals surface area contributed by atoms with Gasteiger partial charge in [-0.05, 0) is 55.2 Å². The molecule has 5 nitrogen and oxygen atoms in total. The van der Waals surface area contributed by atoms with Gasteiger partial charge in [0.05, 0.1) is 11.3 Å². The molecule has 4 rings (SSSR count). The van der Waals surface area contributed by atoms with Crippen LogP contribution in [0.25, 0.3) is 0 Å². The van der Waals surface area contributed by atoms with Gasteiger partial charge in [0.25, 0.3) is 0 Å². The molecule has 2 aliphatic heterocycles. The maximum absolute atomic E-state index is 13.5. The Kier molecular flexibility index (Phi) is 4.48. The molecule has 0 aromatic heterocycles. The van der Waals surface area contributed by atoms with Gasteiger partial charge in [0.2, 0.25) is 5.91 Å². The fraction of sp³-hybridized carbons (Fsp3) is 0.600. The van der Waals surface area contributed by atoms with Crippen molar-refractivity contribution in [1.82, 2.24) is 4.90 Å². The molecule has 1 N–H and O–H groups in total. The number of amides is 1. The summed E-state index contributed by atoms with van der Waals surface area (Å²) < 4.78 is 5.53. The fourth-order valence-corrected chi connectivity index (χ4v) is 5.03. The Morgan fingerprint density at radius 1 is 1.15 bits per heavy atom. The second-order valence-corrected chi connectivity index (χ2v) is 8.39. The van der Waals surface area contributed by atoms with E-state index in [1.807, 2.05) is 29.2 Å². The zero-order valence-corrected chi connectivity index (χ0v) is 15.5. The number of rotatable bonds is 3. The summed E-state index contributed by atoms with van der Waals surface area (Å²) >= 11 is 6.20. The molecular formula is C20H24ClNO4. The van der Waals surface area contributed by atoms with Crippen molar-refractivity contribution in [3.05, 3.63) is 34.9 Å². The van der Waals surface area contributed by atoms with E-state index < -0.39 is 11.4 Å². The minimum absolute atomic E-state index is 0.0679. The number of carbonyl (C=O) groups is 2. The maximum atomic E-state index is 13.5. The lowest BCUT2D eigenvalue weighted by atomic mass is 9.72. The number of carboxylic acids is 1. The molecule has 1 aromatic carbocycles. The Labute approximate surface area is 158 Å². The van der Waals surface area contributed by atoms with Gasteiger partial charge in [0, 0.05) is 31.3 Å². The van der Waals surface area contributed by atoms with Crippen LogP contribution < -0.4 is 0 Å². The Hall–Kier alpha value is -1.59. The fourth-order valence-electron chi connectivity index (χ4n) is 4.84. The summed E-state index contributed by atoms with van der Waals surface area (Å²) in [6.07, 6.45) is 3.66. The lowest BCUT2D eigenvalue weighted by Crippen LogP contribution is -2.52. The monoisotopic (exact) mass is 377 g/mol. The van der Waals surface area contributed by atoms with E-state index >= 15 is 0 Å². The topological polar surface area (TPSA) is 66.8 Å². The van der Waals surface area contributed by atoms with Gasteiger partial charge in [-0.25, -0.2) is 0 Å². The first kappa shape index (κ1) is 17.8. The van der Waals surface area contributed by atoms with Gasteiger partial charge >= 0.3 is 5.97 Å². The van der Waals surface area contributed by atoms with Gasteiger partial charge in [-0.2, -0.15) is 0 Å². The van der Waals surface area contributed by atoms with Gasteiger partial charge < -0.3 is 14.7 Å². The second-order valence-electron chi connectivity index (χ2n) is 7.95. The van der Waals surface area contributed by atoms with Gasteiger partial charge in [-0.1, -0.05) is 23.7 Å². The minimum atomic E-state index is -0.690. The lowest BCUT2D eigenvalue weighted by molar-refractivity contribution is -0.143. The SMILES string of the molecule is O=C(O)C1CC12CCN(C(=O)C1(c3cccc(Cl)c3)CCOCC1)CC2. The first-order chi connectivity index (χ1) is 12.5. The highest BCUT2D eigenvalue weighted by Gasteiger charge is 2.59. The largest absolute Gasteiger partial charge is 0.481 e. The minimum Gasteiger partial charge on any atom is -0.481 e. The number of carboxylic acid groups (broad SMARTS) is 1. The Morgan fingerprint density at radius 3 is 2.42 bits per heavy atom. The molecule has 3 fully saturated rings. The van der Waals surface area contributed by atoms with Crippen LogP contribution in [0.2, 0.25) is 5.02 Å². The highest BCUT2D eigenvalue weighted by atomic mass is 35.5. The molecule has 1 spiro atoms. The van der Waals surface area contributed by atoms with Crippen LogP contribution in [0.1, 0.15) is 37.7 Å². The zero-order chi connectivity index (χ0) is 18.4. The summed E-state index contributed by atoms with van der Waals surface area (Å²) in [7, 11) is 0. The Morgan fingerprint density at radius 2 is 1.85 bits per heavy atom. The van der Waals surface area contributed by atoms with Crippen molar-refractivity contribution in [2.45, 2.75) is 37.5 Å². The summed E-state index contributed by atoms with van der Waals surface area (Å²) in [4.78, 5) is 26.7. The van der Waals surface area contributed by atoms with Gasteiger partial charge in [-0.15, -0.1) is 0 Å². The molecule has 2 heterocycles. The number of likely N-dealkylation sites (tertiary alicyclic amines) is 1. The van der Waals surface area contributed by atoms with E-state index in [9.17, 15) is 14.7 Å². The average molecular weight is 378 g/mol. The predicted molar refractivity (Wildman–Crippen MR) is 97.2 cm³/mol. The maximum Gasteiger partial charge on any atom is 0.307 e. The lowest BCUT2D eigenvalue weighted by Gasteiger charge is -2.42. The van der Waals surface area contributed by atoms with Crippen LogP contribution in [0.4, 0.5) is 0 Å². The molecule has 140 valence electrons. The van der Waals surface area contributed by atoms with Crippen LogP contribution >= 0.6 is 11.6 Å². The third-order valence-electron chi connectivity index (χ3n) is 6.67. The highest BCUT2D eigenvalue weighted by molar-refractivity contribution is 6.30. The van der Waals surface area contributed by atoms with Crippen LogP contribution in [0.3, 0.4) is 0 Å². The van der Waals surface area contributed by atoms with Crippen molar-refractivity contribution < 1.29 is 19.4 Å². The van der Waals surface area contributed by atoms with Crippen molar-refractivity contribution >= 4 is 23.5 Å². The van der Waals surface area contributed by atoms with E-state index in [0.29, 0.717) is 44.2 Å². The van der Waals surface area contributed by atoms with E-state index in [2.05, 4.69) is 0 Å². The number of benzene rings is 1. The summed E-state index contributed by atoms with van der Waals surface area (Å²) in [5.74, 6) is -0.764. The molecule has 0 radical (unpaired) electrons. The first-order valence-electron chi connectivity index (χ1n) is 9.33. The molecule has 1 aliphatic carbocycles. The molecule has 2 saturated heterocycles. The van der Waals surface area contributed by atoms with Crippen LogP contribution in [0, 0.1) is 11.3 Å². The number of nitrogens with zero attached hydrogens (tertiary/aromatic N) is 1. The predicted octanol–water partition coefficient (Wildman–Crippen LogP) is 3.10. The van der Waals surface area contributed by atoms with Crippen LogP contribution in [-0.2, 0) is 19.7 Å². The standard InChI is InChI=1S/C20H24ClNO4/c21-15-3-1-2-14(12-15)20(6-10-26-11-7-20)18(25)22-8-4-19(5-9-22)13-16(19)17(23)24/h1-3,12,16H,4-11,13H2,(H,23,24). The molecule has 0 bridgehead atoms. The molecule has 1 atom stereocenters. The Balaban J connectivity index is 1.54. The summed E-state index contributed by atoms with van der Waals surface area (Å²) in [6.45, 7) is 2.42.